The summed E-state index contributed by atoms with van der Waals surface area (Å²) in [7, 11) is 0. The topological polar surface area (TPSA) is 72.7 Å². The van der Waals surface area contributed by atoms with E-state index in [-0.39, 0.29) is 12.8 Å². The summed E-state index contributed by atoms with van der Waals surface area (Å²) in [6, 6.07) is 0. The average molecular weight is 204 g/mol. The Kier molecular flexibility index (Phi) is 6.26. The molecule has 0 aromatic rings. The molecule has 0 N–H and O–H groups in total. The molecule has 0 aliphatic rings. The van der Waals surface area contributed by atoms with Crippen molar-refractivity contribution in [2.75, 3.05) is 0 Å². The summed E-state index contributed by atoms with van der Waals surface area (Å²) < 4.78 is 0. The zero-order valence-corrected chi connectivity index (χ0v) is 8.32. The van der Waals surface area contributed by atoms with E-state index in [9.17, 15) is 14.5 Å². The van der Waals surface area contributed by atoms with E-state index < -0.39 is 17.0 Å². The third-order valence-electron chi connectivity index (χ3n) is 1.26. The second kappa shape index (κ2) is 6.99. The zero-order chi connectivity index (χ0) is 11.0. The van der Waals surface area contributed by atoms with Crippen molar-refractivity contribution in [3.05, 3.63) is 4.91 Å². The molecule has 0 aromatic carbocycles. The number of hydrogen-bond donors (Lipinski definition) is 0. The summed E-state index contributed by atoms with van der Waals surface area (Å²) >= 11 is 0. The highest BCUT2D eigenvalue weighted by molar-refractivity contribution is 5.69. The van der Waals surface area contributed by atoms with Crippen LogP contribution in [-0.2, 0) is 19.3 Å². The van der Waals surface area contributed by atoms with Crippen molar-refractivity contribution in [1.82, 2.24) is 0 Å². The highest BCUT2D eigenvalue weighted by Gasteiger charge is 2.23. The first-order chi connectivity index (χ1) is 6.60. The van der Waals surface area contributed by atoms with Crippen LogP contribution >= 0.6 is 0 Å². The SMILES string of the molecule is CCCC(=O)O[N+](=O)OC(=O)CCC. The second-order valence-corrected chi connectivity index (χ2v) is 2.65. The maximum Gasteiger partial charge on any atom is 0.495 e. The van der Waals surface area contributed by atoms with Gasteiger partial charge in [0.1, 0.15) is 4.91 Å². The lowest BCUT2D eigenvalue weighted by Gasteiger charge is -1.90. The molecule has 0 saturated carbocycles. The highest BCUT2D eigenvalue weighted by Crippen LogP contribution is 1.95. The number of carbonyl (C=O) groups excluding carboxylic acids is 2. The predicted molar refractivity (Wildman–Crippen MR) is 45.6 cm³/mol. The Morgan fingerprint density at radius 2 is 1.36 bits per heavy atom. The van der Waals surface area contributed by atoms with Crippen molar-refractivity contribution in [2.24, 2.45) is 0 Å². The molecule has 0 amide bonds. The van der Waals surface area contributed by atoms with Crippen LogP contribution < -0.4 is 0 Å². The van der Waals surface area contributed by atoms with E-state index in [4.69, 9.17) is 0 Å². The first-order valence-electron chi connectivity index (χ1n) is 4.49. The first-order valence-corrected chi connectivity index (χ1v) is 4.49. The van der Waals surface area contributed by atoms with Gasteiger partial charge < -0.3 is 0 Å². The van der Waals surface area contributed by atoms with Gasteiger partial charge in [0.25, 0.3) is 0 Å². The van der Waals surface area contributed by atoms with Gasteiger partial charge in [-0.2, -0.15) is 0 Å². The monoisotopic (exact) mass is 204 g/mol. The maximum atomic E-state index is 10.7. The molecule has 0 spiro atoms. The van der Waals surface area contributed by atoms with E-state index >= 15 is 0 Å². The lowest BCUT2D eigenvalue weighted by atomic mass is 10.3. The molecule has 0 atom stereocenters. The van der Waals surface area contributed by atoms with Crippen LogP contribution in [0.4, 0.5) is 0 Å². The van der Waals surface area contributed by atoms with Gasteiger partial charge in [-0.15, -0.1) is 9.68 Å². The normalized spacial score (nSPS) is 9.29. The summed E-state index contributed by atoms with van der Waals surface area (Å²) in [5.74, 6) is -1.43. The minimum absolute atomic E-state index is 0.115. The molecule has 0 unspecified atom stereocenters. The third-order valence-corrected chi connectivity index (χ3v) is 1.26. The van der Waals surface area contributed by atoms with Gasteiger partial charge in [-0.25, -0.2) is 9.59 Å². The van der Waals surface area contributed by atoms with Gasteiger partial charge in [-0.3, -0.25) is 0 Å². The van der Waals surface area contributed by atoms with Crippen LogP contribution in [-0.4, -0.2) is 17.0 Å². The molecule has 6 nitrogen and oxygen atoms in total. The molecule has 0 aliphatic heterocycles. The van der Waals surface area contributed by atoms with E-state index in [2.05, 4.69) is 9.68 Å². The lowest BCUT2D eigenvalue weighted by molar-refractivity contribution is -0.945. The smallest absolute Gasteiger partial charge is 0.244 e. The Morgan fingerprint density at radius 1 is 1.00 bits per heavy atom. The third kappa shape index (κ3) is 6.10. The fourth-order valence-corrected chi connectivity index (χ4v) is 0.684. The Hall–Kier alpha value is -1.46. The van der Waals surface area contributed by atoms with Gasteiger partial charge in [0.05, 0.1) is 12.8 Å². The minimum Gasteiger partial charge on any atom is -0.244 e. The van der Waals surface area contributed by atoms with E-state index in [0.29, 0.717) is 12.8 Å². The molecule has 0 fully saturated rings. The molecule has 0 rings (SSSR count). The van der Waals surface area contributed by atoms with E-state index in [0.717, 1.165) is 0 Å². The molecule has 14 heavy (non-hydrogen) atoms. The van der Waals surface area contributed by atoms with Gasteiger partial charge in [0.15, 0.2) is 0 Å². The van der Waals surface area contributed by atoms with Gasteiger partial charge in [-0.05, 0) is 12.8 Å². The van der Waals surface area contributed by atoms with E-state index in [1.54, 1.807) is 13.8 Å². The highest BCUT2D eigenvalue weighted by atomic mass is 17.0. The van der Waals surface area contributed by atoms with Crippen molar-refractivity contribution in [1.29, 1.82) is 0 Å². The van der Waals surface area contributed by atoms with Crippen molar-refractivity contribution < 1.29 is 24.4 Å². The van der Waals surface area contributed by atoms with Crippen LogP contribution in [0.3, 0.4) is 0 Å². The van der Waals surface area contributed by atoms with Crippen LogP contribution in [0, 0.1) is 4.91 Å². The van der Waals surface area contributed by atoms with Crippen molar-refractivity contribution in [3.8, 4) is 0 Å². The van der Waals surface area contributed by atoms with Crippen molar-refractivity contribution in [2.45, 2.75) is 39.5 Å². The minimum atomic E-state index is -0.716. The second-order valence-electron chi connectivity index (χ2n) is 2.65. The molecule has 0 bridgehead atoms. The standard InChI is InChI=1S/C8H14NO5/c1-3-5-7(10)13-9(12)14-8(11)6-4-2/h3-6H2,1-2H3/q+1. The molecule has 80 valence electrons. The number of hydrogen-bond acceptors (Lipinski definition) is 5. The molecular weight excluding hydrogens is 190 g/mol. The summed E-state index contributed by atoms with van der Waals surface area (Å²) in [6.07, 6.45) is 1.36. The average Bonchev–Trinajstić information content (AvgIpc) is 2.03. The van der Waals surface area contributed by atoms with Gasteiger partial charge >= 0.3 is 17.0 Å². The molecule has 0 aromatic heterocycles. The molecule has 0 heterocycles. The Bertz CT molecular complexity index is 204. The summed E-state index contributed by atoms with van der Waals surface area (Å²) in [5.41, 5.74) is 0. The van der Waals surface area contributed by atoms with Crippen LogP contribution in [0.2, 0.25) is 0 Å². The molecular formula is C8H14NO5+. The maximum absolute atomic E-state index is 10.7. The van der Waals surface area contributed by atoms with Crippen LogP contribution in [0.15, 0.2) is 0 Å². The van der Waals surface area contributed by atoms with Gasteiger partial charge in [-0.1, -0.05) is 13.8 Å². The predicted octanol–water partition coefficient (Wildman–Crippen LogP) is 1.28. The van der Waals surface area contributed by atoms with E-state index in [1.165, 1.54) is 0 Å². The quantitative estimate of drug-likeness (QED) is 0.609. The molecule has 6 heteroatoms. The van der Waals surface area contributed by atoms with Gasteiger partial charge in [0, 0.05) is 0 Å². The van der Waals surface area contributed by atoms with Crippen LogP contribution in [0.5, 0.6) is 0 Å². The molecule has 0 aliphatic carbocycles. The van der Waals surface area contributed by atoms with Crippen molar-refractivity contribution >= 4 is 11.9 Å². The summed E-state index contributed by atoms with van der Waals surface area (Å²) in [5, 5.41) is -0.448. The first kappa shape index (κ1) is 12.5. The Labute approximate surface area is 81.7 Å². The fraction of sp³-hybridized carbons (Fsp3) is 0.750. The van der Waals surface area contributed by atoms with Crippen molar-refractivity contribution in [3.63, 3.8) is 0 Å². The fourth-order valence-electron chi connectivity index (χ4n) is 0.684. The number of rotatable bonds is 6. The van der Waals surface area contributed by atoms with Crippen LogP contribution in [0.25, 0.3) is 0 Å². The number of nitrogens with zero attached hydrogens (tertiary/aromatic N) is 1. The zero-order valence-electron chi connectivity index (χ0n) is 8.32. The lowest BCUT2D eigenvalue weighted by Crippen LogP contribution is -2.19. The van der Waals surface area contributed by atoms with E-state index in [1.807, 2.05) is 0 Å². The Balaban J connectivity index is 3.75. The van der Waals surface area contributed by atoms with Crippen LogP contribution in [0.1, 0.15) is 39.5 Å². The molecule has 0 saturated heterocycles. The number of carbonyl (C=O) groups is 2. The Morgan fingerprint density at radius 3 is 1.64 bits per heavy atom. The summed E-state index contributed by atoms with van der Waals surface area (Å²) in [6.45, 7) is 3.53. The van der Waals surface area contributed by atoms with Gasteiger partial charge in [0.2, 0.25) is 0 Å². The summed E-state index contributed by atoms with van der Waals surface area (Å²) in [4.78, 5) is 40.3. The largest absolute Gasteiger partial charge is 0.495 e. The molecule has 0 radical (unpaired) electrons.